The van der Waals surface area contributed by atoms with Gasteiger partial charge in [-0.3, -0.25) is 0 Å². The van der Waals surface area contributed by atoms with E-state index in [1.165, 1.54) is 0 Å². The highest BCUT2D eigenvalue weighted by atomic mass is 127. The van der Waals surface area contributed by atoms with Gasteiger partial charge in [0.15, 0.2) is 0 Å². The molecule has 14 heavy (non-hydrogen) atoms. The highest BCUT2D eigenvalue weighted by molar-refractivity contribution is 14.1. The van der Waals surface area contributed by atoms with Crippen LogP contribution in [0.5, 0.6) is 5.75 Å². The second-order valence-electron chi connectivity index (χ2n) is 2.82. The summed E-state index contributed by atoms with van der Waals surface area (Å²) in [7, 11) is 0. The molecule has 0 saturated heterocycles. The summed E-state index contributed by atoms with van der Waals surface area (Å²) in [4.78, 5) is 10.8. The summed E-state index contributed by atoms with van der Waals surface area (Å²) < 4.78 is 4.75. The second kappa shape index (κ2) is 3.96. The molecule has 0 heterocycles. The molecule has 70 valence electrons. The topological polar surface area (TPSA) is 26.3 Å². The van der Waals surface area contributed by atoms with Gasteiger partial charge in [-0.05, 0) is 11.5 Å². The molecule has 0 amide bonds. The molecule has 2 aromatic carbocycles. The molecular weight excluding hydrogens is 291 g/mol. The van der Waals surface area contributed by atoms with Crippen molar-refractivity contribution in [3.63, 3.8) is 0 Å². The Balaban J connectivity index is 2.59. The molecule has 2 nitrogen and oxygen atoms in total. The highest BCUT2D eigenvalue weighted by Crippen LogP contribution is 2.25. The van der Waals surface area contributed by atoms with Gasteiger partial charge in [0.05, 0.1) is 22.6 Å². The number of hydrogen-bond acceptors (Lipinski definition) is 2. The van der Waals surface area contributed by atoms with Crippen molar-refractivity contribution in [2.45, 2.75) is 0 Å². The summed E-state index contributed by atoms with van der Waals surface area (Å²) in [6.45, 7) is 0. The summed E-state index contributed by atoms with van der Waals surface area (Å²) in [5.74, 6) is 0.613. The maximum absolute atomic E-state index is 10.8. The van der Waals surface area contributed by atoms with Crippen molar-refractivity contribution in [2.24, 2.45) is 0 Å². The lowest BCUT2D eigenvalue weighted by Gasteiger charge is -2.04. The Labute approximate surface area is 95.0 Å². The Morgan fingerprint density at radius 3 is 2.57 bits per heavy atom. The van der Waals surface area contributed by atoms with Crippen LogP contribution in [0.4, 0.5) is 4.79 Å². The van der Waals surface area contributed by atoms with E-state index in [9.17, 15) is 4.79 Å². The molecule has 2 rings (SSSR count). The van der Waals surface area contributed by atoms with Crippen molar-refractivity contribution in [3.05, 3.63) is 42.5 Å². The molecule has 0 atom stereocenters. The Kier molecular flexibility index (Phi) is 2.67. The van der Waals surface area contributed by atoms with Gasteiger partial charge in [0.1, 0.15) is 5.75 Å². The molecule has 0 spiro atoms. The fourth-order valence-electron chi connectivity index (χ4n) is 1.37. The molecular formula is C11H7IO2. The van der Waals surface area contributed by atoms with Crippen LogP contribution in [-0.4, -0.2) is 3.98 Å². The Hall–Kier alpha value is -1.10. The Bertz CT molecular complexity index is 474. The number of hydrogen-bond donors (Lipinski definition) is 0. The third kappa shape index (κ3) is 1.87. The predicted molar refractivity (Wildman–Crippen MR) is 64.0 cm³/mol. The van der Waals surface area contributed by atoms with E-state index in [2.05, 4.69) is 0 Å². The fraction of sp³-hybridized carbons (Fsp3) is 0. The minimum absolute atomic E-state index is 0.320. The lowest BCUT2D eigenvalue weighted by atomic mass is 10.1. The van der Waals surface area contributed by atoms with E-state index >= 15 is 0 Å². The van der Waals surface area contributed by atoms with E-state index in [0.29, 0.717) is 5.75 Å². The quantitative estimate of drug-likeness (QED) is 0.591. The van der Waals surface area contributed by atoms with Crippen molar-refractivity contribution in [1.82, 2.24) is 0 Å². The summed E-state index contributed by atoms with van der Waals surface area (Å²) in [5, 5.41) is 2.03. The van der Waals surface area contributed by atoms with Crippen molar-refractivity contribution in [3.8, 4) is 5.75 Å². The molecule has 0 N–H and O–H groups in total. The van der Waals surface area contributed by atoms with Crippen molar-refractivity contribution in [1.29, 1.82) is 0 Å². The first kappa shape index (κ1) is 9.45. The standard InChI is InChI=1S/C11H7IO2/c12-11(13)14-10-7-3-5-8-4-1-2-6-9(8)10/h1-7H. The maximum atomic E-state index is 10.8. The Morgan fingerprint density at radius 2 is 1.79 bits per heavy atom. The van der Waals surface area contributed by atoms with Crippen LogP contribution in [0.1, 0.15) is 0 Å². The minimum Gasteiger partial charge on any atom is -0.418 e. The molecule has 0 unspecified atom stereocenters. The zero-order valence-corrected chi connectivity index (χ0v) is 9.39. The van der Waals surface area contributed by atoms with Gasteiger partial charge >= 0.3 is 3.98 Å². The number of ether oxygens (including phenoxy) is 1. The molecule has 0 radical (unpaired) electrons. The number of carbonyl (C=O) groups excluding carboxylic acids is 1. The van der Waals surface area contributed by atoms with Crippen molar-refractivity contribution >= 4 is 37.3 Å². The van der Waals surface area contributed by atoms with Crippen LogP contribution in [-0.2, 0) is 0 Å². The zero-order chi connectivity index (χ0) is 9.97. The average Bonchev–Trinajstić information content (AvgIpc) is 2.18. The Morgan fingerprint density at radius 1 is 1.07 bits per heavy atom. The van der Waals surface area contributed by atoms with Crippen LogP contribution in [0.25, 0.3) is 10.8 Å². The van der Waals surface area contributed by atoms with E-state index in [0.717, 1.165) is 10.8 Å². The van der Waals surface area contributed by atoms with Gasteiger partial charge in [-0.1, -0.05) is 36.4 Å². The van der Waals surface area contributed by atoms with Crippen LogP contribution < -0.4 is 4.74 Å². The van der Waals surface area contributed by atoms with Crippen LogP contribution in [0.2, 0.25) is 0 Å². The third-order valence-electron chi connectivity index (χ3n) is 1.94. The molecule has 0 aliphatic carbocycles. The number of benzene rings is 2. The van der Waals surface area contributed by atoms with E-state index < -0.39 is 0 Å². The van der Waals surface area contributed by atoms with E-state index in [4.69, 9.17) is 4.74 Å². The van der Waals surface area contributed by atoms with Gasteiger partial charge in [-0.2, -0.15) is 0 Å². The van der Waals surface area contributed by atoms with Crippen LogP contribution >= 0.6 is 22.6 Å². The molecule has 3 heteroatoms. The first-order valence-corrected chi connectivity index (χ1v) is 5.20. The lowest BCUT2D eigenvalue weighted by Crippen LogP contribution is -1.95. The first-order valence-electron chi connectivity index (χ1n) is 4.12. The molecule has 0 bridgehead atoms. The van der Waals surface area contributed by atoms with Gasteiger partial charge in [0, 0.05) is 5.39 Å². The van der Waals surface area contributed by atoms with Crippen molar-refractivity contribution in [2.75, 3.05) is 0 Å². The molecule has 0 aliphatic heterocycles. The van der Waals surface area contributed by atoms with E-state index in [-0.39, 0.29) is 3.98 Å². The minimum atomic E-state index is -0.320. The lowest BCUT2D eigenvalue weighted by molar-refractivity contribution is 0.231. The normalized spacial score (nSPS) is 10.1. The van der Waals surface area contributed by atoms with Gasteiger partial charge < -0.3 is 4.74 Å². The highest BCUT2D eigenvalue weighted by Gasteiger charge is 2.03. The number of fused-ring (bicyclic) bond motifs is 1. The zero-order valence-electron chi connectivity index (χ0n) is 7.24. The van der Waals surface area contributed by atoms with E-state index in [1.807, 2.05) is 36.4 Å². The number of carbonyl (C=O) groups is 1. The van der Waals surface area contributed by atoms with Crippen LogP contribution in [0, 0.1) is 0 Å². The molecule has 0 fully saturated rings. The van der Waals surface area contributed by atoms with Gasteiger partial charge in [-0.15, -0.1) is 0 Å². The first-order chi connectivity index (χ1) is 6.77. The molecule has 0 aliphatic rings. The van der Waals surface area contributed by atoms with Crippen LogP contribution in [0.15, 0.2) is 42.5 Å². The fourth-order valence-corrected chi connectivity index (χ4v) is 1.61. The molecule has 0 aromatic heterocycles. The summed E-state index contributed by atoms with van der Waals surface area (Å²) >= 11 is 1.62. The average molecular weight is 298 g/mol. The van der Waals surface area contributed by atoms with Gasteiger partial charge in [0.2, 0.25) is 0 Å². The summed E-state index contributed by atoms with van der Waals surface area (Å²) in [5.41, 5.74) is 0. The molecule has 2 aromatic rings. The number of halogens is 1. The molecule has 0 saturated carbocycles. The van der Waals surface area contributed by atoms with Crippen molar-refractivity contribution < 1.29 is 9.53 Å². The van der Waals surface area contributed by atoms with Crippen LogP contribution in [0.3, 0.4) is 0 Å². The van der Waals surface area contributed by atoms with Gasteiger partial charge in [-0.25, -0.2) is 4.79 Å². The summed E-state index contributed by atoms with van der Waals surface area (Å²) in [6.07, 6.45) is 0. The monoisotopic (exact) mass is 298 g/mol. The maximum Gasteiger partial charge on any atom is 0.372 e. The third-order valence-corrected chi connectivity index (χ3v) is 2.16. The smallest absolute Gasteiger partial charge is 0.372 e. The number of rotatable bonds is 1. The second-order valence-corrected chi connectivity index (χ2v) is 3.70. The largest absolute Gasteiger partial charge is 0.418 e. The predicted octanol–water partition coefficient (Wildman–Crippen LogP) is 3.77. The van der Waals surface area contributed by atoms with Gasteiger partial charge in [0.25, 0.3) is 0 Å². The SMILES string of the molecule is O=C(I)Oc1cccc2ccccc12. The van der Waals surface area contributed by atoms with E-state index in [1.54, 1.807) is 28.7 Å². The summed E-state index contributed by atoms with van der Waals surface area (Å²) in [6, 6.07) is 13.4.